The van der Waals surface area contributed by atoms with Gasteiger partial charge in [0.2, 0.25) is 10.0 Å². The van der Waals surface area contributed by atoms with Crippen LogP contribution in [0.1, 0.15) is 29.8 Å². The number of carbonyl (C=O) groups is 1. The minimum atomic E-state index is -3.70. The summed E-state index contributed by atoms with van der Waals surface area (Å²) in [5.74, 6) is -0.537. The van der Waals surface area contributed by atoms with Crippen molar-refractivity contribution in [2.45, 2.75) is 25.7 Å². The Labute approximate surface area is 158 Å². The quantitative estimate of drug-likeness (QED) is 0.576. The van der Waals surface area contributed by atoms with Crippen LogP contribution in [0.4, 0.5) is 11.4 Å². The molecule has 0 bridgehead atoms. The van der Waals surface area contributed by atoms with Crippen molar-refractivity contribution in [2.24, 2.45) is 0 Å². The molecule has 0 saturated carbocycles. The summed E-state index contributed by atoms with van der Waals surface area (Å²) in [6, 6.07) is 9.90. The van der Waals surface area contributed by atoms with Crippen LogP contribution >= 0.6 is 0 Å². The minimum absolute atomic E-state index is 0.0287. The standard InChI is InChI=1S/C18H21N3O5S/c1-4-20(5-2)27(25,26)16-10-9-13(3)17(12-16)18(22)19-14-7-6-8-15(11-14)21(23)24/h6-12H,4-5H2,1-3H3,(H,19,22). The lowest BCUT2D eigenvalue weighted by atomic mass is 10.1. The normalized spacial score (nSPS) is 11.4. The number of benzene rings is 2. The average molecular weight is 391 g/mol. The van der Waals surface area contributed by atoms with Gasteiger partial charge in [0, 0.05) is 36.5 Å². The number of non-ortho nitro benzene ring substituents is 1. The Morgan fingerprint density at radius 1 is 1.15 bits per heavy atom. The summed E-state index contributed by atoms with van der Waals surface area (Å²) in [5.41, 5.74) is 0.888. The Bertz CT molecular complexity index is 969. The molecular weight excluding hydrogens is 370 g/mol. The van der Waals surface area contributed by atoms with Crippen molar-refractivity contribution in [3.05, 3.63) is 63.7 Å². The first-order chi connectivity index (χ1) is 12.7. The zero-order valence-corrected chi connectivity index (χ0v) is 16.1. The van der Waals surface area contributed by atoms with Crippen LogP contribution in [0.25, 0.3) is 0 Å². The van der Waals surface area contributed by atoms with Gasteiger partial charge in [0.05, 0.1) is 9.82 Å². The number of nitrogens with one attached hydrogen (secondary N) is 1. The monoisotopic (exact) mass is 391 g/mol. The highest BCUT2D eigenvalue weighted by atomic mass is 32.2. The summed E-state index contributed by atoms with van der Waals surface area (Å²) < 4.78 is 26.7. The lowest BCUT2D eigenvalue weighted by Gasteiger charge is -2.19. The average Bonchev–Trinajstić information content (AvgIpc) is 2.62. The van der Waals surface area contributed by atoms with Gasteiger partial charge < -0.3 is 5.32 Å². The maximum atomic E-state index is 12.7. The van der Waals surface area contributed by atoms with Crippen molar-refractivity contribution in [1.29, 1.82) is 0 Å². The number of hydrogen-bond acceptors (Lipinski definition) is 5. The first kappa shape index (κ1) is 20.5. The maximum absolute atomic E-state index is 12.7. The molecule has 9 heteroatoms. The van der Waals surface area contributed by atoms with Gasteiger partial charge in [-0.25, -0.2) is 8.42 Å². The van der Waals surface area contributed by atoms with Gasteiger partial charge in [-0.05, 0) is 30.7 Å². The Morgan fingerprint density at radius 2 is 1.81 bits per heavy atom. The maximum Gasteiger partial charge on any atom is 0.271 e. The third kappa shape index (κ3) is 4.50. The first-order valence-electron chi connectivity index (χ1n) is 8.37. The topological polar surface area (TPSA) is 110 Å². The summed E-state index contributed by atoms with van der Waals surface area (Å²) in [5, 5.41) is 13.4. The van der Waals surface area contributed by atoms with Crippen LogP contribution in [0.2, 0.25) is 0 Å². The van der Waals surface area contributed by atoms with Crippen LogP contribution < -0.4 is 5.32 Å². The molecule has 144 valence electrons. The molecule has 0 aliphatic heterocycles. The summed E-state index contributed by atoms with van der Waals surface area (Å²) >= 11 is 0. The van der Waals surface area contributed by atoms with E-state index in [2.05, 4.69) is 5.32 Å². The van der Waals surface area contributed by atoms with E-state index in [1.165, 1.54) is 40.7 Å². The van der Waals surface area contributed by atoms with E-state index in [0.29, 0.717) is 18.7 Å². The number of nitro benzene ring substituents is 1. The summed E-state index contributed by atoms with van der Waals surface area (Å²) in [7, 11) is -3.70. The van der Waals surface area contributed by atoms with Gasteiger partial charge in [0.15, 0.2) is 0 Å². The molecule has 1 amide bonds. The molecule has 0 atom stereocenters. The van der Waals surface area contributed by atoms with Gasteiger partial charge in [-0.2, -0.15) is 4.31 Å². The van der Waals surface area contributed by atoms with E-state index >= 15 is 0 Å². The molecule has 0 unspecified atom stereocenters. The second kappa shape index (κ2) is 8.28. The van der Waals surface area contributed by atoms with Crippen molar-refractivity contribution >= 4 is 27.3 Å². The van der Waals surface area contributed by atoms with Crippen molar-refractivity contribution < 1.29 is 18.1 Å². The van der Waals surface area contributed by atoms with E-state index in [-0.39, 0.29) is 21.8 Å². The molecule has 0 aliphatic carbocycles. The van der Waals surface area contributed by atoms with Crippen LogP contribution in [-0.2, 0) is 10.0 Å². The number of anilines is 1. The molecule has 0 heterocycles. The van der Waals surface area contributed by atoms with E-state index < -0.39 is 20.9 Å². The summed E-state index contributed by atoms with van der Waals surface area (Å²) in [6.07, 6.45) is 0. The van der Waals surface area contributed by atoms with E-state index in [1.807, 2.05) is 0 Å². The smallest absolute Gasteiger partial charge is 0.271 e. The molecule has 27 heavy (non-hydrogen) atoms. The van der Waals surface area contributed by atoms with Gasteiger partial charge in [0.1, 0.15) is 0 Å². The molecule has 0 spiro atoms. The van der Waals surface area contributed by atoms with Gasteiger partial charge in [-0.1, -0.05) is 26.0 Å². The number of aryl methyl sites for hydroxylation is 1. The Kier molecular flexibility index (Phi) is 6.29. The predicted molar refractivity (Wildman–Crippen MR) is 102 cm³/mol. The van der Waals surface area contributed by atoms with Gasteiger partial charge in [0.25, 0.3) is 11.6 Å². The van der Waals surface area contributed by atoms with Crippen molar-refractivity contribution in [1.82, 2.24) is 4.31 Å². The Hall–Kier alpha value is -2.78. The van der Waals surface area contributed by atoms with E-state index in [0.717, 1.165) is 0 Å². The zero-order chi connectivity index (χ0) is 20.2. The number of nitrogens with zero attached hydrogens (tertiary/aromatic N) is 2. The Balaban J connectivity index is 2.37. The molecule has 0 fully saturated rings. The molecule has 0 saturated heterocycles. The van der Waals surface area contributed by atoms with Crippen molar-refractivity contribution in [2.75, 3.05) is 18.4 Å². The summed E-state index contributed by atoms with van der Waals surface area (Å²) in [4.78, 5) is 22.9. The third-order valence-corrected chi connectivity index (χ3v) is 6.16. The molecule has 0 aliphatic rings. The molecule has 1 N–H and O–H groups in total. The first-order valence-corrected chi connectivity index (χ1v) is 9.81. The van der Waals surface area contributed by atoms with Crippen LogP contribution in [-0.4, -0.2) is 36.6 Å². The number of rotatable bonds is 7. The molecule has 2 aromatic rings. The predicted octanol–water partition coefficient (Wildman–Crippen LogP) is 3.19. The number of carbonyl (C=O) groups excluding carboxylic acids is 1. The van der Waals surface area contributed by atoms with Crippen molar-refractivity contribution in [3.8, 4) is 0 Å². The van der Waals surface area contributed by atoms with Crippen LogP contribution in [0.5, 0.6) is 0 Å². The number of sulfonamides is 1. The number of hydrogen-bond donors (Lipinski definition) is 1. The zero-order valence-electron chi connectivity index (χ0n) is 15.3. The molecule has 0 radical (unpaired) electrons. The van der Waals surface area contributed by atoms with Crippen LogP contribution in [0.15, 0.2) is 47.4 Å². The van der Waals surface area contributed by atoms with Crippen LogP contribution in [0, 0.1) is 17.0 Å². The third-order valence-electron chi connectivity index (χ3n) is 4.11. The fourth-order valence-electron chi connectivity index (χ4n) is 2.61. The van der Waals surface area contributed by atoms with Crippen molar-refractivity contribution in [3.63, 3.8) is 0 Å². The minimum Gasteiger partial charge on any atom is -0.322 e. The Morgan fingerprint density at radius 3 is 2.41 bits per heavy atom. The second-order valence-electron chi connectivity index (χ2n) is 5.83. The molecule has 8 nitrogen and oxygen atoms in total. The van der Waals surface area contributed by atoms with E-state index in [1.54, 1.807) is 26.8 Å². The largest absolute Gasteiger partial charge is 0.322 e. The molecular formula is C18H21N3O5S. The summed E-state index contributed by atoms with van der Waals surface area (Å²) in [6.45, 7) is 5.82. The molecule has 0 aromatic heterocycles. The van der Waals surface area contributed by atoms with Gasteiger partial charge in [-0.3, -0.25) is 14.9 Å². The van der Waals surface area contributed by atoms with E-state index in [9.17, 15) is 23.3 Å². The van der Waals surface area contributed by atoms with Gasteiger partial charge in [-0.15, -0.1) is 0 Å². The second-order valence-corrected chi connectivity index (χ2v) is 7.77. The van der Waals surface area contributed by atoms with Gasteiger partial charge >= 0.3 is 0 Å². The van der Waals surface area contributed by atoms with E-state index in [4.69, 9.17) is 0 Å². The molecule has 2 rings (SSSR count). The lowest BCUT2D eigenvalue weighted by Crippen LogP contribution is -2.30. The highest BCUT2D eigenvalue weighted by molar-refractivity contribution is 7.89. The fraction of sp³-hybridized carbons (Fsp3) is 0.278. The SMILES string of the molecule is CCN(CC)S(=O)(=O)c1ccc(C)c(C(=O)Nc2cccc([N+](=O)[O-])c2)c1. The number of amides is 1. The highest BCUT2D eigenvalue weighted by Crippen LogP contribution is 2.22. The molecule has 2 aromatic carbocycles. The number of nitro groups is 1. The lowest BCUT2D eigenvalue weighted by molar-refractivity contribution is -0.384. The fourth-order valence-corrected chi connectivity index (χ4v) is 4.10. The van der Waals surface area contributed by atoms with Crippen LogP contribution in [0.3, 0.4) is 0 Å². The highest BCUT2D eigenvalue weighted by Gasteiger charge is 2.23.